The minimum Gasteiger partial charge on any atom is -0.0622 e. The van der Waals surface area contributed by atoms with E-state index in [1.807, 2.05) is 6.92 Å². The molecule has 0 saturated heterocycles. The lowest BCUT2D eigenvalue weighted by molar-refractivity contribution is 1.48. The van der Waals surface area contributed by atoms with Crippen molar-refractivity contribution in [3.63, 3.8) is 0 Å². The second-order valence-corrected chi connectivity index (χ2v) is 1.45. The fourth-order valence-electron chi connectivity index (χ4n) is 0.383. The molecule has 36 valence electrons. The molecular formula is C7H8. The van der Waals surface area contributed by atoms with Crippen LogP contribution >= 0.6 is 0 Å². The fourth-order valence-corrected chi connectivity index (χ4v) is 0.383. The summed E-state index contributed by atoms with van der Waals surface area (Å²) in [5.41, 5.74) is 0.867. The summed E-state index contributed by atoms with van der Waals surface area (Å²) < 4.78 is 21.6. The van der Waals surface area contributed by atoms with Crippen molar-refractivity contribution in [3.8, 4) is 0 Å². The highest BCUT2D eigenvalue weighted by Gasteiger charge is 1.72. The molecule has 1 rings (SSSR count). The second-order valence-electron chi connectivity index (χ2n) is 1.45. The molecule has 0 aliphatic heterocycles. The van der Waals surface area contributed by atoms with E-state index in [2.05, 4.69) is 0 Å². The Kier molecular flexibility index (Phi) is 0.508. The van der Waals surface area contributed by atoms with Crippen LogP contribution in [0.25, 0.3) is 0 Å². The monoisotopic (exact) mass is 95.1 g/mol. The maximum atomic E-state index is 7.19. The minimum absolute atomic E-state index is 0.00519. The van der Waals surface area contributed by atoms with E-state index in [-0.39, 0.29) is 18.1 Å². The number of aryl methyl sites for hydroxylation is 1. The summed E-state index contributed by atoms with van der Waals surface area (Å²) in [4.78, 5) is 0. The summed E-state index contributed by atoms with van der Waals surface area (Å²) in [5, 5.41) is 0. The van der Waals surface area contributed by atoms with Gasteiger partial charge in [0.1, 0.15) is 0 Å². The van der Waals surface area contributed by atoms with Crippen molar-refractivity contribution < 1.29 is 4.11 Å². The van der Waals surface area contributed by atoms with Gasteiger partial charge in [-0.05, 0) is 6.92 Å². The van der Waals surface area contributed by atoms with Gasteiger partial charge < -0.3 is 0 Å². The smallest absolute Gasteiger partial charge is 0.0622 e. The van der Waals surface area contributed by atoms with Crippen LogP contribution in [0.2, 0.25) is 0 Å². The zero-order valence-electron chi connectivity index (χ0n) is 7.15. The third kappa shape index (κ3) is 1.04. The molecule has 0 heterocycles. The topological polar surface area (TPSA) is 0 Å². The van der Waals surface area contributed by atoms with E-state index in [0.29, 0.717) is 0 Å². The third-order valence-electron chi connectivity index (χ3n) is 0.744. The van der Waals surface area contributed by atoms with Crippen molar-refractivity contribution in [2.24, 2.45) is 0 Å². The van der Waals surface area contributed by atoms with E-state index >= 15 is 0 Å². The van der Waals surface area contributed by atoms with Gasteiger partial charge in [-0.2, -0.15) is 0 Å². The largest absolute Gasteiger partial charge is 0.0623 e. The SMILES string of the molecule is [2H]c1cc(C)cc([2H])c1[2H]. The second kappa shape index (κ2) is 1.78. The quantitative estimate of drug-likeness (QED) is 0.462. The molecule has 1 aromatic rings. The Bertz CT molecular complexity index is 232. The average molecular weight is 95.2 g/mol. The first-order valence-corrected chi connectivity index (χ1v) is 2.15. The first-order valence-electron chi connectivity index (χ1n) is 3.65. The molecule has 0 nitrogen and oxygen atoms in total. The van der Waals surface area contributed by atoms with Crippen LogP contribution in [0.1, 0.15) is 9.68 Å². The maximum Gasteiger partial charge on any atom is 0.0623 e. The molecule has 0 unspecified atom stereocenters. The molecule has 0 bridgehead atoms. The van der Waals surface area contributed by atoms with Crippen LogP contribution in [0.3, 0.4) is 0 Å². The lowest BCUT2D eigenvalue weighted by atomic mass is 10.2. The molecule has 0 N–H and O–H groups in total. The molecule has 7 heavy (non-hydrogen) atoms. The Balaban J connectivity index is 3.31. The van der Waals surface area contributed by atoms with Crippen LogP contribution < -0.4 is 0 Å². The maximum absolute atomic E-state index is 7.19. The third-order valence-corrected chi connectivity index (χ3v) is 0.744. The van der Waals surface area contributed by atoms with Crippen molar-refractivity contribution in [1.82, 2.24) is 0 Å². The summed E-state index contributed by atoms with van der Waals surface area (Å²) >= 11 is 0. The van der Waals surface area contributed by atoms with E-state index in [1.54, 1.807) is 12.1 Å². The van der Waals surface area contributed by atoms with E-state index in [4.69, 9.17) is 4.11 Å². The van der Waals surface area contributed by atoms with Gasteiger partial charge in [0.05, 0.1) is 4.11 Å². The molecule has 0 spiro atoms. The normalized spacial score (nSPS) is 14.7. The lowest BCUT2D eigenvalue weighted by Gasteiger charge is -1.82. The zero-order chi connectivity index (χ0) is 7.72. The van der Waals surface area contributed by atoms with Gasteiger partial charge in [-0.3, -0.25) is 0 Å². The van der Waals surface area contributed by atoms with Gasteiger partial charge >= 0.3 is 0 Å². The number of hydrogen-bond donors (Lipinski definition) is 0. The Morgan fingerprint density at radius 2 is 1.86 bits per heavy atom. The number of benzene rings is 1. The van der Waals surface area contributed by atoms with E-state index in [1.165, 1.54) is 0 Å². The Morgan fingerprint density at radius 3 is 2.43 bits per heavy atom. The van der Waals surface area contributed by atoms with Crippen LogP contribution in [0.4, 0.5) is 0 Å². The highest BCUT2D eigenvalue weighted by atomic mass is 13.8. The van der Waals surface area contributed by atoms with Crippen LogP contribution in [-0.4, -0.2) is 0 Å². The van der Waals surface area contributed by atoms with Gasteiger partial charge in [0.25, 0.3) is 0 Å². The van der Waals surface area contributed by atoms with Crippen molar-refractivity contribution in [2.45, 2.75) is 6.92 Å². The standard InChI is InChI=1S/C7H8/c1-7-5-3-2-4-6-7/h2-6H,1H3/i2D,3D,4D. The summed E-state index contributed by atoms with van der Waals surface area (Å²) in [6, 6.07) is 3.43. The molecule has 0 aliphatic rings. The first-order chi connectivity index (χ1) is 4.61. The molecule has 0 atom stereocenters. The summed E-state index contributed by atoms with van der Waals surface area (Å²) in [5.74, 6) is 0. The van der Waals surface area contributed by atoms with E-state index in [9.17, 15) is 0 Å². The van der Waals surface area contributed by atoms with Gasteiger partial charge in [0, 0.05) is 0 Å². The molecule has 0 saturated carbocycles. The Morgan fingerprint density at radius 1 is 1.29 bits per heavy atom. The van der Waals surface area contributed by atoms with Gasteiger partial charge in [-0.15, -0.1) is 0 Å². The van der Waals surface area contributed by atoms with Crippen molar-refractivity contribution in [3.05, 3.63) is 35.8 Å². The zero-order valence-corrected chi connectivity index (χ0v) is 4.15. The van der Waals surface area contributed by atoms with Gasteiger partial charge in [-0.1, -0.05) is 35.8 Å². The molecular weight excluding hydrogens is 84.1 g/mol. The van der Waals surface area contributed by atoms with E-state index < -0.39 is 0 Å². The molecule has 0 heteroatoms. The lowest BCUT2D eigenvalue weighted by Crippen LogP contribution is -1.62. The number of hydrogen-bond acceptors (Lipinski definition) is 0. The molecule has 0 aromatic heterocycles. The predicted octanol–water partition coefficient (Wildman–Crippen LogP) is 2.00. The van der Waals surface area contributed by atoms with Gasteiger partial charge in [-0.25, -0.2) is 0 Å². The van der Waals surface area contributed by atoms with Crippen LogP contribution in [0, 0.1) is 6.92 Å². The number of rotatable bonds is 0. The fraction of sp³-hybridized carbons (Fsp3) is 0.143. The predicted molar refractivity (Wildman–Crippen MR) is 31.2 cm³/mol. The summed E-state index contributed by atoms with van der Waals surface area (Å²) in [6.45, 7) is 1.82. The van der Waals surface area contributed by atoms with Crippen molar-refractivity contribution in [1.29, 1.82) is 0 Å². The van der Waals surface area contributed by atoms with Gasteiger partial charge in [0.15, 0.2) is 0 Å². The van der Waals surface area contributed by atoms with Crippen LogP contribution in [0.5, 0.6) is 0 Å². The minimum atomic E-state index is 0.00519. The highest BCUT2D eigenvalue weighted by Crippen LogP contribution is 1.92. The van der Waals surface area contributed by atoms with Crippen LogP contribution in [-0.2, 0) is 0 Å². The molecule has 0 radical (unpaired) electrons. The van der Waals surface area contributed by atoms with Crippen LogP contribution in [0.15, 0.2) is 30.3 Å². The van der Waals surface area contributed by atoms with E-state index in [0.717, 1.165) is 5.56 Å². The summed E-state index contributed by atoms with van der Waals surface area (Å²) in [7, 11) is 0. The average Bonchev–Trinajstić information content (AvgIpc) is 1.82. The molecule has 0 fully saturated rings. The Labute approximate surface area is 48.0 Å². The molecule has 0 aliphatic carbocycles. The first kappa shape index (κ1) is 1.99. The summed E-state index contributed by atoms with van der Waals surface area (Å²) in [6.07, 6.45) is 0. The van der Waals surface area contributed by atoms with Crippen molar-refractivity contribution in [2.75, 3.05) is 0 Å². The Hall–Kier alpha value is -0.780. The van der Waals surface area contributed by atoms with Crippen molar-refractivity contribution >= 4 is 0 Å². The van der Waals surface area contributed by atoms with Gasteiger partial charge in [0.2, 0.25) is 0 Å². The molecule has 0 amide bonds. The molecule has 1 aromatic carbocycles. The highest BCUT2D eigenvalue weighted by molar-refractivity contribution is 5.11.